The predicted octanol–water partition coefficient (Wildman–Crippen LogP) is 1.27. The van der Waals surface area contributed by atoms with Gasteiger partial charge in [0.1, 0.15) is 0 Å². The van der Waals surface area contributed by atoms with Crippen molar-refractivity contribution in [2.24, 2.45) is 4.99 Å². The summed E-state index contributed by atoms with van der Waals surface area (Å²) in [6, 6.07) is 0. The second-order valence-corrected chi connectivity index (χ2v) is 5.94. The maximum atomic E-state index is 10.3. The summed E-state index contributed by atoms with van der Waals surface area (Å²) in [6.45, 7) is 7.99. The third-order valence-electron chi connectivity index (χ3n) is 3.63. The quantitative estimate of drug-likeness (QED) is 0.503. The Bertz CT molecular complexity index is 297. The molecule has 0 heterocycles. The number of methoxy groups -OCH3 is 1. The third kappa shape index (κ3) is 5.78. The van der Waals surface area contributed by atoms with Gasteiger partial charge < -0.3 is 20.5 Å². The van der Waals surface area contributed by atoms with Crippen LogP contribution >= 0.6 is 0 Å². The molecule has 5 nitrogen and oxygen atoms in total. The van der Waals surface area contributed by atoms with Crippen LogP contribution in [0, 0.1) is 0 Å². The normalized spacial score (nSPS) is 19.5. The van der Waals surface area contributed by atoms with Crippen LogP contribution in [0.1, 0.15) is 46.5 Å². The number of ether oxygens (including phenoxy) is 1. The summed E-state index contributed by atoms with van der Waals surface area (Å²) >= 11 is 0. The molecule has 1 saturated carbocycles. The molecule has 0 aromatic rings. The molecule has 0 bridgehead atoms. The Morgan fingerprint density at radius 2 is 1.95 bits per heavy atom. The van der Waals surface area contributed by atoms with E-state index < -0.39 is 5.60 Å². The summed E-state index contributed by atoms with van der Waals surface area (Å²) < 4.78 is 5.35. The minimum Gasteiger partial charge on any atom is -0.388 e. The molecule has 0 spiro atoms. The zero-order chi connectivity index (χ0) is 14.4. The second-order valence-electron chi connectivity index (χ2n) is 5.94. The summed E-state index contributed by atoms with van der Waals surface area (Å²) in [5, 5.41) is 16.7. The molecular formula is C14H29N3O2. The molecule has 1 aliphatic rings. The van der Waals surface area contributed by atoms with E-state index in [9.17, 15) is 5.11 Å². The van der Waals surface area contributed by atoms with Crippen molar-refractivity contribution in [3.8, 4) is 0 Å². The minimum absolute atomic E-state index is 0.271. The van der Waals surface area contributed by atoms with Gasteiger partial charge in [0.2, 0.25) is 0 Å². The number of guanidine groups is 1. The van der Waals surface area contributed by atoms with Gasteiger partial charge in [-0.1, -0.05) is 12.8 Å². The van der Waals surface area contributed by atoms with Gasteiger partial charge in [0.25, 0.3) is 0 Å². The first kappa shape index (κ1) is 16.2. The van der Waals surface area contributed by atoms with Crippen LogP contribution in [0.25, 0.3) is 0 Å². The van der Waals surface area contributed by atoms with Crippen molar-refractivity contribution in [1.82, 2.24) is 10.6 Å². The highest BCUT2D eigenvalue weighted by molar-refractivity contribution is 5.79. The van der Waals surface area contributed by atoms with Gasteiger partial charge >= 0.3 is 0 Å². The Morgan fingerprint density at radius 3 is 2.47 bits per heavy atom. The molecule has 0 radical (unpaired) electrons. The van der Waals surface area contributed by atoms with Crippen molar-refractivity contribution in [2.75, 3.05) is 26.7 Å². The van der Waals surface area contributed by atoms with Gasteiger partial charge in [0.05, 0.1) is 17.7 Å². The maximum Gasteiger partial charge on any atom is 0.191 e. The van der Waals surface area contributed by atoms with E-state index in [0.717, 1.165) is 38.2 Å². The number of aliphatic hydroxyl groups is 1. The Labute approximate surface area is 116 Å². The molecule has 19 heavy (non-hydrogen) atoms. The van der Waals surface area contributed by atoms with E-state index in [-0.39, 0.29) is 5.60 Å². The highest BCUT2D eigenvalue weighted by Gasteiger charge is 2.31. The summed E-state index contributed by atoms with van der Waals surface area (Å²) in [5.41, 5.74) is -0.834. The van der Waals surface area contributed by atoms with Crippen LogP contribution in [0.5, 0.6) is 0 Å². The lowest BCUT2D eigenvalue weighted by Gasteiger charge is -2.25. The van der Waals surface area contributed by atoms with Crippen LogP contribution in [-0.4, -0.2) is 49.0 Å². The topological polar surface area (TPSA) is 65.9 Å². The van der Waals surface area contributed by atoms with Gasteiger partial charge in [0.15, 0.2) is 5.96 Å². The van der Waals surface area contributed by atoms with Crippen molar-refractivity contribution in [2.45, 2.75) is 57.7 Å². The molecule has 0 aromatic carbocycles. The zero-order valence-corrected chi connectivity index (χ0v) is 12.8. The molecule has 112 valence electrons. The summed E-state index contributed by atoms with van der Waals surface area (Å²) in [7, 11) is 1.69. The van der Waals surface area contributed by atoms with Crippen molar-refractivity contribution < 1.29 is 9.84 Å². The number of nitrogens with one attached hydrogen (secondary N) is 2. The van der Waals surface area contributed by atoms with E-state index >= 15 is 0 Å². The first-order chi connectivity index (χ1) is 8.91. The van der Waals surface area contributed by atoms with Crippen LogP contribution in [0.2, 0.25) is 0 Å². The largest absolute Gasteiger partial charge is 0.388 e. The Hall–Kier alpha value is -0.810. The molecule has 0 unspecified atom stereocenters. The SMILES string of the molecule is CCNC(=NCC(C)(C)OC)NCC1(O)CCCC1. The molecule has 0 aliphatic heterocycles. The smallest absolute Gasteiger partial charge is 0.191 e. The fourth-order valence-corrected chi connectivity index (χ4v) is 2.13. The standard InChI is InChI=1S/C14H29N3O2/c1-5-15-12(16-10-13(2,3)19-4)17-11-14(18)8-6-7-9-14/h18H,5-11H2,1-4H3,(H2,15,16,17). The number of hydrogen-bond donors (Lipinski definition) is 3. The van der Waals surface area contributed by atoms with Crippen LogP contribution in [0.3, 0.4) is 0 Å². The van der Waals surface area contributed by atoms with Crippen LogP contribution < -0.4 is 10.6 Å². The van der Waals surface area contributed by atoms with Crippen molar-refractivity contribution in [3.63, 3.8) is 0 Å². The van der Waals surface area contributed by atoms with Gasteiger partial charge in [-0.3, -0.25) is 4.99 Å². The molecule has 1 aliphatic carbocycles. The second kappa shape index (κ2) is 7.10. The highest BCUT2D eigenvalue weighted by atomic mass is 16.5. The van der Waals surface area contributed by atoms with Crippen molar-refractivity contribution in [1.29, 1.82) is 0 Å². The number of nitrogens with zero attached hydrogens (tertiary/aromatic N) is 1. The van der Waals surface area contributed by atoms with Crippen LogP contribution in [-0.2, 0) is 4.74 Å². The van der Waals surface area contributed by atoms with Gasteiger partial charge in [-0.25, -0.2) is 0 Å². The van der Waals surface area contributed by atoms with Crippen LogP contribution in [0.4, 0.5) is 0 Å². The fraction of sp³-hybridized carbons (Fsp3) is 0.929. The average molecular weight is 271 g/mol. The molecule has 0 aromatic heterocycles. The van der Waals surface area contributed by atoms with E-state index in [2.05, 4.69) is 15.6 Å². The van der Waals surface area contributed by atoms with E-state index in [1.165, 1.54) is 0 Å². The van der Waals surface area contributed by atoms with E-state index in [0.29, 0.717) is 13.1 Å². The van der Waals surface area contributed by atoms with E-state index in [1.807, 2.05) is 20.8 Å². The lowest BCUT2D eigenvalue weighted by molar-refractivity contribution is 0.0309. The number of aliphatic imine (C=N–C) groups is 1. The zero-order valence-electron chi connectivity index (χ0n) is 12.8. The third-order valence-corrected chi connectivity index (χ3v) is 3.63. The van der Waals surface area contributed by atoms with Crippen molar-refractivity contribution >= 4 is 5.96 Å². The van der Waals surface area contributed by atoms with Gasteiger partial charge in [-0.05, 0) is 33.6 Å². The van der Waals surface area contributed by atoms with E-state index in [1.54, 1.807) is 7.11 Å². The Kier molecular flexibility index (Phi) is 6.07. The van der Waals surface area contributed by atoms with Crippen molar-refractivity contribution in [3.05, 3.63) is 0 Å². The Morgan fingerprint density at radius 1 is 1.32 bits per heavy atom. The first-order valence-corrected chi connectivity index (χ1v) is 7.20. The summed E-state index contributed by atoms with van der Waals surface area (Å²) in [4.78, 5) is 4.51. The van der Waals surface area contributed by atoms with Gasteiger partial charge in [0, 0.05) is 20.2 Å². The molecule has 5 heteroatoms. The van der Waals surface area contributed by atoms with E-state index in [4.69, 9.17) is 4.74 Å². The molecular weight excluding hydrogens is 242 g/mol. The molecule has 0 saturated heterocycles. The molecule has 1 fully saturated rings. The lowest BCUT2D eigenvalue weighted by atomic mass is 10.0. The Balaban J connectivity index is 2.49. The first-order valence-electron chi connectivity index (χ1n) is 7.20. The monoisotopic (exact) mass is 271 g/mol. The average Bonchev–Trinajstić information content (AvgIpc) is 2.80. The number of rotatable bonds is 6. The van der Waals surface area contributed by atoms with Crippen LogP contribution in [0.15, 0.2) is 4.99 Å². The van der Waals surface area contributed by atoms with Gasteiger partial charge in [-0.15, -0.1) is 0 Å². The lowest BCUT2D eigenvalue weighted by Crippen LogP contribution is -2.46. The molecule has 0 amide bonds. The highest BCUT2D eigenvalue weighted by Crippen LogP contribution is 2.28. The van der Waals surface area contributed by atoms with Gasteiger partial charge in [-0.2, -0.15) is 0 Å². The maximum absolute atomic E-state index is 10.3. The minimum atomic E-state index is -0.563. The molecule has 0 atom stereocenters. The summed E-state index contributed by atoms with van der Waals surface area (Å²) in [6.07, 6.45) is 3.98. The predicted molar refractivity (Wildman–Crippen MR) is 78.5 cm³/mol. The fourth-order valence-electron chi connectivity index (χ4n) is 2.13. The molecule has 3 N–H and O–H groups in total. The number of hydrogen-bond acceptors (Lipinski definition) is 3. The molecule has 1 rings (SSSR count). The summed E-state index contributed by atoms with van der Waals surface area (Å²) in [5.74, 6) is 0.743.